The highest BCUT2D eigenvalue weighted by Gasteiger charge is 2.17. The van der Waals surface area contributed by atoms with E-state index in [-0.39, 0.29) is 18.5 Å². The molecule has 1 saturated heterocycles. The van der Waals surface area contributed by atoms with Gasteiger partial charge in [0.1, 0.15) is 6.61 Å². The van der Waals surface area contributed by atoms with Crippen molar-refractivity contribution in [3.63, 3.8) is 0 Å². The molecule has 0 saturated carbocycles. The molecule has 1 rings (SSSR count). The van der Waals surface area contributed by atoms with Crippen LogP contribution in [0.2, 0.25) is 0 Å². The van der Waals surface area contributed by atoms with Crippen LogP contribution in [0.3, 0.4) is 0 Å². The lowest BCUT2D eigenvalue weighted by molar-refractivity contribution is -0.148. The lowest BCUT2D eigenvalue weighted by atomic mass is 10.3. The molecular weight excluding hydrogens is 236 g/mol. The van der Waals surface area contributed by atoms with Crippen LogP contribution in [0.1, 0.15) is 13.8 Å². The van der Waals surface area contributed by atoms with Crippen molar-refractivity contribution >= 4 is 11.9 Å². The first-order valence-corrected chi connectivity index (χ1v) is 6.34. The maximum absolute atomic E-state index is 11.1. The quantitative estimate of drug-likeness (QED) is 0.485. The Morgan fingerprint density at radius 3 is 2.39 bits per heavy atom. The van der Waals surface area contributed by atoms with E-state index < -0.39 is 0 Å². The third-order valence-corrected chi connectivity index (χ3v) is 2.89. The van der Waals surface area contributed by atoms with Crippen LogP contribution in [-0.2, 0) is 19.1 Å². The SMILES string of the molecule is CCOC(=O)COCCN1CCN(C(C)=O)CC1. The monoisotopic (exact) mass is 258 g/mol. The highest BCUT2D eigenvalue weighted by atomic mass is 16.6. The van der Waals surface area contributed by atoms with Crippen molar-refractivity contribution < 1.29 is 19.1 Å². The number of esters is 1. The van der Waals surface area contributed by atoms with Crippen LogP contribution in [0.15, 0.2) is 0 Å². The van der Waals surface area contributed by atoms with Gasteiger partial charge in [0.2, 0.25) is 5.91 Å². The molecule has 0 aromatic carbocycles. The van der Waals surface area contributed by atoms with Gasteiger partial charge >= 0.3 is 5.97 Å². The fourth-order valence-electron chi connectivity index (χ4n) is 1.84. The summed E-state index contributed by atoms with van der Waals surface area (Å²) < 4.78 is 9.98. The van der Waals surface area contributed by atoms with Crippen LogP contribution >= 0.6 is 0 Å². The smallest absolute Gasteiger partial charge is 0.332 e. The largest absolute Gasteiger partial charge is 0.464 e. The number of amides is 1. The Balaban J connectivity index is 2.04. The van der Waals surface area contributed by atoms with E-state index in [1.807, 2.05) is 4.90 Å². The third-order valence-electron chi connectivity index (χ3n) is 2.89. The van der Waals surface area contributed by atoms with Gasteiger partial charge in [0.05, 0.1) is 13.2 Å². The number of carbonyl (C=O) groups excluding carboxylic acids is 2. The first kappa shape index (κ1) is 14.9. The van der Waals surface area contributed by atoms with Crippen LogP contribution < -0.4 is 0 Å². The van der Waals surface area contributed by atoms with Gasteiger partial charge in [-0.25, -0.2) is 4.79 Å². The van der Waals surface area contributed by atoms with Crippen molar-refractivity contribution in [2.75, 3.05) is 52.5 Å². The van der Waals surface area contributed by atoms with Gasteiger partial charge in [-0.2, -0.15) is 0 Å². The third kappa shape index (κ3) is 5.46. The highest BCUT2D eigenvalue weighted by Crippen LogP contribution is 2.01. The summed E-state index contributed by atoms with van der Waals surface area (Å²) in [5.74, 6) is -0.188. The molecule has 0 N–H and O–H groups in total. The fourth-order valence-corrected chi connectivity index (χ4v) is 1.84. The number of nitrogens with zero attached hydrogens (tertiary/aromatic N) is 2. The van der Waals surface area contributed by atoms with Gasteiger partial charge in [0.25, 0.3) is 0 Å². The summed E-state index contributed by atoms with van der Waals surface area (Å²) in [5, 5.41) is 0. The Bertz CT molecular complexity index is 275. The molecule has 6 heteroatoms. The Morgan fingerprint density at radius 2 is 1.83 bits per heavy atom. The molecule has 0 atom stereocenters. The van der Waals surface area contributed by atoms with Gasteiger partial charge in [0.15, 0.2) is 0 Å². The lowest BCUT2D eigenvalue weighted by Gasteiger charge is -2.33. The Hall–Kier alpha value is -1.14. The zero-order chi connectivity index (χ0) is 13.4. The van der Waals surface area contributed by atoms with Gasteiger partial charge in [-0.3, -0.25) is 9.69 Å². The van der Waals surface area contributed by atoms with Crippen molar-refractivity contribution in [1.82, 2.24) is 9.80 Å². The van der Waals surface area contributed by atoms with Gasteiger partial charge in [-0.05, 0) is 6.92 Å². The highest BCUT2D eigenvalue weighted by molar-refractivity contribution is 5.73. The number of piperazine rings is 1. The Kier molecular flexibility index (Phi) is 6.67. The van der Waals surface area contributed by atoms with E-state index in [1.54, 1.807) is 13.8 Å². The summed E-state index contributed by atoms with van der Waals surface area (Å²) >= 11 is 0. The van der Waals surface area contributed by atoms with Crippen molar-refractivity contribution in [1.29, 1.82) is 0 Å². The molecule has 104 valence electrons. The standard InChI is InChI=1S/C12H22N2O4/c1-3-18-12(16)10-17-9-8-13-4-6-14(7-5-13)11(2)15/h3-10H2,1-2H3. The molecule has 0 aromatic rings. The second kappa shape index (κ2) is 8.05. The normalized spacial score (nSPS) is 16.7. The minimum absolute atomic E-state index is 0.0151. The van der Waals surface area contributed by atoms with E-state index in [1.165, 1.54) is 0 Å². The molecule has 0 bridgehead atoms. The molecule has 1 heterocycles. The first-order chi connectivity index (χ1) is 8.63. The van der Waals surface area contributed by atoms with Gasteiger partial charge < -0.3 is 14.4 Å². The van der Waals surface area contributed by atoms with E-state index in [2.05, 4.69) is 4.90 Å². The summed E-state index contributed by atoms with van der Waals surface area (Å²) in [5.41, 5.74) is 0. The fraction of sp³-hybridized carbons (Fsp3) is 0.833. The molecule has 0 spiro atoms. The van der Waals surface area contributed by atoms with Crippen LogP contribution in [0, 0.1) is 0 Å². The molecule has 18 heavy (non-hydrogen) atoms. The Morgan fingerprint density at radius 1 is 1.17 bits per heavy atom. The number of hydrogen-bond acceptors (Lipinski definition) is 5. The number of hydrogen-bond donors (Lipinski definition) is 0. The van der Waals surface area contributed by atoms with Crippen LogP contribution in [0.25, 0.3) is 0 Å². The van der Waals surface area contributed by atoms with Crippen molar-refractivity contribution in [2.45, 2.75) is 13.8 Å². The predicted molar refractivity (Wildman–Crippen MR) is 66.1 cm³/mol. The molecule has 0 radical (unpaired) electrons. The second-order valence-electron chi connectivity index (χ2n) is 4.21. The van der Waals surface area contributed by atoms with Crippen LogP contribution in [-0.4, -0.2) is 74.2 Å². The predicted octanol–water partition coefficient (Wildman–Crippen LogP) is -0.270. The van der Waals surface area contributed by atoms with E-state index in [0.717, 1.165) is 32.7 Å². The van der Waals surface area contributed by atoms with Crippen molar-refractivity contribution in [3.8, 4) is 0 Å². The molecule has 0 aromatic heterocycles. The summed E-state index contributed by atoms with van der Waals surface area (Å²) in [7, 11) is 0. The lowest BCUT2D eigenvalue weighted by Crippen LogP contribution is -2.48. The maximum atomic E-state index is 11.1. The molecule has 0 aliphatic carbocycles. The molecular formula is C12H22N2O4. The second-order valence-corrected chi connectivity index (χ2v) is 4.21. The van der Waals surface area contributed by atoms with Crippen molar-refractivity contribution in [3.05, 3.63) is 0 Å². The molecule has 0 unspecified atom stereocenters. The minimum Gasteiger partial charge on any atom is -0.464 e. The van der Waals surface area contributed by atoms with Gasteiger partial charge in [-0.1, -0.05) is 0 Å². The average Bonchev–Trinajstić information content (AvgIpc) is 2.35. The van der Waals surface area contributed by atoms with Crippen LogP contribution in [0.4, 0.5) is 0 Å². The molecule has 1 amide bonds. The molecule has 1 aliphatic heterocycles. The van der Waals surface area contributed by atoms with Gasteiger partial charge in [-0.15, -0.1) is 0 Å². The van der Waals surface area contributed by atoms with E-state index in [0.29, 0.717) is 13.2 Å². The van der Waals surface area contributed by atoms with E-state index in [4.69, 9.17) is 9.47 Å². The maximum Gasteiger partial charge on any atom is 0.332 e. The first-order valence-electron chi connectivity index (χ1n) is 6.34. The zero-order valence-corrected chi connectivity index (χ0v) is 11.2. The minimum atomic E-state index is -0.320. The average molecular weight is 258 g/mol. The van der Waals surface area contributed by atoms with Gasteiger partial charge in [0, 0.05) is 39.6 Å². The summed E-state index contributed by atoms with van der Waals surface area (Å²) in [6.45, 7) is 8.33. The summed E-state index contributed by atoms with van der Waals surface area (Å²) in [4.78, 5) is 26.2. The van der Waals surface area contributed by atoms with Crippen molar-refractivity contribution in [2.24, 2.45) is 0 Å². The molecule has 1 aliphatic rings. The topological polar surface area (TPSA) is 59.1 Å². The van der Waals surface area contributed by atoms with E-state index >= 15 is 0 Å². The molecule has 6 nitrogen and oxygen atoms in total. The summed E-state index contributed by atoms with van der Waals surface area (Å²) in [6, 6.07) is 0. The number of carbonyl (C=O) groups is 2. The van der Waals surface area contributed by atoms with E-state index in [9.17, 15) is 9.59 Å². The number of rotatable bonds is 6. The summed E-state index contributed by atoms with van der Waals surface area (Å²) in [6.07, 6.45) is 0. The number of ether oxygens (including phenoxy) is 2. The van der Waals surface area contributed by atoms with Crippen LogP contribution in [0.5, 0.6) is 0 Å². The molecule has 1 fully saturated rings. The zero-order valence-electron chi connectivity index (χ0n) is 11.2. The Labute approximate surface area is 108 Å².